The van der Waals surface area contributed by atoms with Crippen LogP contribution in [0.5, 0.6) is 0 Å². The molecule has 2 unspecified atom stereocenters. The highest BCUT2D eigenvalue weighted by Gasteiger charge is 2.39. The lowest BCUT2D eigenvalue weighted by Gasteiger charge is -2.25. The normalized spacial score (nSPS) is 21.4. The van der Waals surface area contributed by atoms with Crippen LogP contribution < -0.4 is 0 Å². The van der Waals surface area contributed by atoms with Crippen molar-refractivity contribution in [1.82, 2.24) is 15.0 Å². The van der Waals surface area contributed by atoms with E-state index in [1.54, 1.807) is 0 Å². The van der Waals surface area contributed by atoms with Crippen molar-refractivity contribution in [2.45, 2.75) is 45.1 Å². The Balaban J connectivity index is 1.37. The first-order valence-corrected chi connectivity index (χ1v) is 9.88. The van der Waals surface area contributed by atoms with Crippen molar-refractivity contribution in [3.05, 3.63) is 70.5 Å². The summed E-state index contributed by atoms with van der Waals surface area (Å²) in [6.45, 7) is 4.81. The molecule has 0 bridgehead atoms. The Morgan fingerprint density at radius 2 is 1.96 bits per heavy atom. The number of amides is 1. The number of aromatic nitrogens is 2. The molecule has 5 nitrogen and oxygen atoms in total. The third-order valence-electron chi connectivity index (χ3n) is 6.20. The molecule has 28 heavy (non-hydrogen) atoms. The van der Waals surface area contributed by atoms with E-state index >= 15 is 0 Å². The van der Waals surface area contributed by atoms with Crippen LogP contribution in [0.1, 0.15) is 52.9 Å². The predicted molar refractivity (Wildman–Crippen MR) is 106 cm³/mol. The molecule has 2 heterocycles. The summed E-state index contributed by atoms with van der Waals surface area (Å²) in [5.74, 6) is 1.33. The van der Waals surface area contributed by atoms with E-state index in [1.165, 1.54) is 22.3 Å². The van der Waals surface area contributed by atoms with E-state index in [0.29, 0.717) is 24.7 Å². The van der Waals surface area contributed by atoms with Crippen LogP contribution in [-0.2, 0) is 11.2 Å². The maximum Gasteiger partial charge on any atom is 0.257 e. The highest BCUT2D eigenvalue weighted by molar-refractivity contribution is 5.80. The quantitative estimate of drug-likeness (QED) is 0.684. The van der Waals surface area contributed by atoms with Crippen LogP contribution in [0.25, 0.3) is 11.5 Å². The zero-order chi connectivity index (χ0) is 19.3. The first-order chi connectivity index (χ1) is 13.6. The molecule has 0 saturated carbocycles. The zero-order valence-electron chi connectivity index (χ0n) is 16.2. The van der Waals surface area contributed by atoms with Crippen LogP contribution in [0.2, 0.25) is 0 Å². The number of fused-ring (bicyclic) bond motifs is 1. The van der Waals surface area contributed by atoms with E-state index in [9.17, 15) is 4.79 Å². The lowest BCUT2D eigenvalue weighted by Crippen LogP contribution is -2.28. The molecule has 5 heteroatoms. The topological polar surface area (TPSA) is 59.2 Å². The molecule has 2 aromatic carbocycles. The van der Waals surface area contributed by atoms with Gasteiger partial charge in [-0.1, -0.05) is 35.5 Å². The first kappa shape index (κ1) is 17.2. The lowest BCUT2D eigenvalue weighted by molar-refractivity contribution is -0.129. The van der Waals surface area contributed by atoms with Crippen LogP contribution in [0, 0.1) is 13.8 Å². The Hall–Kier alpha value is -2.95. The smallest absolute Gasteiger partial charge is 0.257 e. The van der Waals surface area contributed by atoms with Crippen LogP contribution in [0.4, 0.5) is 0 Å². The Morgan fingerprint density at radius 3 is 2.82 bits per heavy atom. The van der Waals surface area contributed by atoms with Crippen LogP contribution in [0.3, 0.4) is 0 Å². The third-order valence-corrected chi connectivity index (χ3v) is 6.20. The maximum absolute atomic E-state index is 12.8. The fourth-order valence-electron chi connectivity index (χ4n) is 4.46. The molecular weight excluding hydrogens is 350 g/mol. The number of hydrogen-bond acceptors (Lipinski definition) is 4. The minimum Gasteiger partial charge on any atom is -0.335 e. The molecule has 0 radical (unpaired) electrons. The van der Waals surface area contributed by atoms with Gasteiger partial charge in [0.05, 0.1) is 6.04 Å². The van der Waals surface area contributed by atoms with E-state index in [-0.39, 0.29) is 17.9 Å². The second kappa shape index (κ2) is 6.59. The summed E-state index contributed by atoms with van der Waals surface area (Å²) in [4.78, 5) is 19.4. The monoisotopic (exact) mass is 373 g/mol. The molecule has 1 aliphatic heterocycles. The molecule has 1 aliphatic carbocycles. The minimum atomic E-state index is -0.00990. The number of nitrogens with zero attached hydrogens (tertiary/aromatic N) is 3. The minimum absolute atomic E-state index is 0.00990. The SMILES string of the molecule is Cc1ccc(-c2nc(C3CC(=O)N(C4CCc5ccccc54)C3)no2)cc1C. The lowest BCUT2D eigenvalue weighted by atomic mass is 10.1. The van der Waals surface area contributed by atoms with Gasteiger partial charge in [-0.15, -0.1) is 0 Å². The number of rotatable bonds is 3. The summed E-state index contributed by atoms with van der Waals surface area (Å²) in [7, 11) is 0. The van der Waals surface area contributed by atoms with E-state index in [1.807, 2.05) is 11.0 Å². The van der Waals surface area contributed by atoms with Crippen molar-refractivity contribution in [2.75, 3.05) is 6.54 Å². The Kier molecular flexibility index (Phi) is 4.04. The van der Waals surface area contributed by atoms with E-state index in [2.05, 4.69) is 60.4 Å². The predicted octanol–water partition coefficient (Wildman–Crippen LogP) is 4.36. The second-order valence-corrected chi connectivity index (χ2v) is 7.96. The number of hydrogen-bond donors (Lipinski definition) is 0. The van der Waals surface area contributed by atoms with Crippen LogP contribution in [-0.4, -0.2) is 27.5 Å². The summed E-state index contributed by atoms with van der Waals surface area (Å²) in [5, 5.41) is 4.20. The fraction of sp³-hybridized carbons (Fsp3) is 0.348. The molecule has 0 N–H and O–H groups in total. The van der Waals surface area contributed by atoms with Crippen molar-refractivity contribution in [2.24, 2.45) is 0 Å². The van der Waals surface area contributed by atoms with Crippen molar-refractivity contribution in [1.29, 1.82) is 0 Å². The second-order valence-electron chi connectivity index (χ2n) is 7.96. The highest BCUT2D eigenvalue weighted by Crippen LogP contribution is 2.40. The number of aryl methyl sites for hydroxylation is 3. The van der Waals surface area contributed by atoms with E-state index in [4.69, 9.17) is 4.52 Å². The Bertz CT molecular complexity index is 1060. The van der Waals surface area contributed by atoms with Gasteiger partial charge < -0.3 is 9.42 Å². The van der Waals surface area contributed by atoms with Gasteiger partial charge in [-0.3, -0.25) is 4.79 Å². The van der Waals surface area contributed by atoms with Crippen molar-refractivity contribution in [3.8, 4) is 11.5 Å². The molecule has 1 fully saturated rings. The molecule has 0 spiro atoms. The van der Waals surface area contributed by atoms with Crippen LogP contribution >= 0.6 is 0 Å². The summed E-state index contributed by atoms with van der Waals surface area (Å²) in [6, 6.07) is 14.8. The summed E-state index contributed by atoms with van der Waals surface area (Å²) < 4.78 is 5.52. The Labute approximate surface area is 164 Å². The van der Waals surface area contributed by atoms with Gasteiger partial charge in [0.2, 0.25) is 5.91 Å². The van der Waals surface area contributed by atoms with Gasteiger partial charge in [0.25, 0.3) is 5.89 Å². The van der Waals surface area contributed by atoms with Gasteiger partial charge in [0.1, 0.15) is 0 Å². The molecule has 1 saturated heterocycles. The number of carbonyl (C=O) groups excluding carboxylic acids is 1. The summed E-state index contributed by atoms with van der Waals surface area (Å²) >= 11 is 0. The van der Waals surface area contributed by atoms with Gasteiger partial charge in [0, 0.05) is 24.4 Å². The van der Waals surface area contributed by atoms with E-state index < -0.39 is 0 Å². The number of carbonyl (C=O) groups is 1. The summed E-state index contributed by atoms with van der Waals surface area (Å²) in [5.41, 5.74) is 6.00. The molecule has 3 aromatic rings. The first-order valence-electron chi connectivity index (χ1n) is 9.88. The van der Waals surface area contributed by atoms with Gasteiger partial charge in [-0.2, -0.15) is 4.98 Å². The average Bonchev–Trinajstić information content (AvgIpc) is 3.41. The van der Waals surface area contributed by atoms with Gasteiger partial charge >= 0.3 is 0 Å². The van der Waals surface area contributed by atoms with Gasteiger partial charge in [0.15, 0.2) is 5.82 Å². The average molecular weight is 373 g/mol. The van der Waals surface area contributed by atoms with Gasteiger partial charge in [-0.25, -0.2) is 0 Å². The molecule has 5 rings (SSSR count). The number of likely N-dealkylation sites (tertiary alicyclic amines) is 1. The van der Waals surface area contributed by atoms with Crippen molar-refractivity contribution in [3.63, 3.8) is 0 Å². The van der Waals surface area contributed by atoms with Crippen LogP contribution in [0.15, 0.2) is 47.0 Å². The molecule has 2 atom stereocenters. The standard InChI is InChI=1S/C23H23N3O2/c1-14-7-8-17(11-15(14)2)23-24-22(25-28-23)18-12-21(27)26(13-18)20-10-9-16-5-3-4-6-19(16)20/h3-8,11,18,20H,9-10,12-13H2,1-2H3. The molecule has 1 aromatic heterocycles. The largest absolute Gasteiger partial charge is 0.335 e. The fourth-order valence-corrected chi connectivity index (χ4v) is 4.46. The molecule has 142 valence electrons. The van der Waals surface area contributed by atoms with E-state index in [0.717, 1.165) is 18.4 Å². The zero-order valence-corrected chi connectivity index (χ0v) is 16.2. The molecule has 2 aliphatic rings. The number of benzene rings is 2. The maximum atomic E-state index is 12.8. The van der Waals surface area contributed by atoms with Crippen molar-refractivity contribution < 1.29 is 9.32 Å². The molecular formula is C23H23N3O2. The van der Waals surface area contributed by atoms with Gasteiger partial charge in [-0.05, 0) is 61.1 Å². The highest BCUT2D eigenvalue weighted by atomic mass is 16.5. The molecule has 1 amide bonds. The third kappa shape index (κ3) is 2.82. The summed E-state index contributed by atoms with van der Waals surface area (Å²) in [6.07, 6.45) is 2.48. The van der Waals surface area contributed by atoms with Crippen molar-refractivity contribution >= 4 is 5.91 Å². The Morgan fingerprint density at radius 1 is 1.11 bits per heavy atom.